The van der Waals surface area contributed by atoms with Gasteiger partial charge >= 0.3 is 0 Å². The van der Waals surface area contributed by atoms with E-state index in [0.29, 0.717) is 12.0 Å². The minimum Gasteiger partial charge on any atom is -0.316 e. The largest absolute Gasteiger partial charge is 0.316 e. The standard InChI is InChI=1S/C17H15Cl2N/c1-20-14-8-11-9-4-2-6-12(18)15(9)17(14)16-10(11)5-3-7-13(16)19/h2-7,11,14,17,20H,8H2,1H3. The highest BCUT2D eigenvalue weighted by Gasteiger charge is 2.44. The zero-order valence-corrected chi connectivity index (χ0v) is 12.7. The Bertz CT molecular complexity index is 642. The van der Waals surface area contributed by atoms with Gasteiger partial charge in [0.2, 0.25) is 0 Å². The molecule has 2 aromatic carbocycles. The van der Waals surface area contributed by atoms with E-state index in [9.17, 15) is 0 Å². The Kier molecular flexibility index (Phi) is 2.85. The van der Waals surface area contributed by atoms with Crippen molar-refractivity contribution in [3.63, 3.8) is 0 Å². The van der Waals surface area contributed by atoms with Crippen LogP contribution in [0.2, 0.25) is 10.0 Å². The lowest BCUT2D eigenvalue weighted by atomic mass is 9.61. The Labute approximate surface area is 128 Å². The minimum atomic E-state index is 0.261. The third-order valence-electron chi connectivity index (χ3n) is 4.81. The molecule has 0 spiro atoms. The van der Waals surface area contributed by atoms with Gasteiger partial charge in [-0.1, -0.05) is 47.5 Å². The fourth-order valence-corrected chi connectivity index (χ4v) is 4.61. The molecule has 0 heterocycles. The normalized spacial score (nSPS) is 26.2. The van der Waals surface area contributed by atoms with Gasteiger partial charge in [0.1, 0.15) is 0 Å². The summed E-state index contributed by atoms with van der Waals surface area (Å²) in [6.45, 7) is 0. The fraction of sp³-hybridized carbons (Fsp3) is 0.294. The molecular weight excluding hydrogens is 289 g/mol. The molecule has 0 aliphatic heterocycles. The summed E-state index contributed by atoms with van der Waals surface area (Å²) in [5.41, 5.74) is 5.29. The first-order valence-corrected chi connectivity index (χ1v) is 7.72. The maximum atomic E-state index is 6.51. The quantitative estimate of drug-likeness (QED) is 0.814. The first-order valence-electron chi connectivity index (χ1n) is 6.96. The van der Waals surface area contributed by atoms with Gasteiger partial charge < -0.3 is 5.32 Å². The molecule has 1 atom stereocenters. The smallest absolute Gasteiger partial charge is 0.0447 e. The molecule has 0 saturated carbocycles. The van der Waals surface area contributed by atoms with Crippen LogP contribution in [-0.2, 0) is 0 Å². The van der Waals surface area contributed by atoms with Crippen LogP contribution in [0.5, 0.6) is 0 Å². The van der Waals surface area contributed by atoms with Crippen LogP contribution >= 0.6 is 23.2 Å². The van der Waals surface area contributed by atoms with Crippen LogP contribution in [0.25, 0.3) is 0 Å². The van der Waals surface area contributed by atoms with E-state index in [1.165, 1.54) is 22.3 Å². The molecule has 3 heteroatoms. The summed E-state index contributed by atoms with van der Waals surface area (Å²) < 4.78 is 0. The lowest BCUT2D eigenvalue weighted by Gasteiger charge is -2.46. The van der Waals surface area contributed by atoms with Gasteiger partial charge in [0.15, 0.2) is 0 Å². The molecule has 102 valence electrons. The van der Waals surface area contributed by atoms with Gasteiger partial charge in [0.05, 0.1) is 0 Å². The monoisotopic (exact) mass is 303 g/mol. The maximum absolute atomic E-state index is 6.51. The zero-order valence-electron chi connectivity index (χ0n) is 11.2. The molecule has 1 nitrogen and oxygen atoms in total. The van der Waals surface area contributed by atoms with Crippen molar-refractivity contribution in [3.05, 3.63) is 68.7 Å². The third-order valence-corrected chi connectivity index (χ3v) is 5.47. The Balaban J connectivity index is 2.05. The summed E-state index contributed by atoms with van der Waals surface area (Å²) >= 11 is 13.0. The molecule has 20 heavy (non-hydrogen) atoms. The fourth-order valence-electron chi connectivity index (χ4n) is 4.01. The van der Waals surface area contributed by atoms with Gasteiger partial charge in [-0.15, -0.1) is 0 Å². The van der Waals surface area contributed by atoms with Gasteiger partial charge in [-0.3, -0.25) is 0 Å². The van der Waals surface area contributed by atoms with Crippen LogP contribution in [-0.4, -0.2) is 13.1 Å². The van der Waals surface area contributed by atoms with Crippen molar-refractivity contribution in [1.29, 1.82) is 0 Å². The number of nitrogens with one attached hydrogen (secondary N) is 1. The van der Waals surface area contributed by atoms with Crippen molar-refractivity contribution in [3.8, 4) is 0 Å². The lowest BCUT2D eigenvalue weighted by molar-refractivity contribution is 0.395. The van der Waals surface area contributed by atoms with E-state index in [2.05, 4.69) is 29.6 Å². The van der Waals surface area contributed by atoms with Crippen LogP contribution in [0.1, 0.15) is 40.5 Å². The Morgan fingerprint density at radius 2 is 1.50 bits per heavy atom. The zero-order chi connectivity index (χ0) is 13.9. The average Bonchev–Trinajstić information content (AvgIpc) is 2.47. The Hall–Kier alpha value is -1.02. The van der Waals surface area contributed by atoms with E-state index in [1.54, 1.807) is 0 Å². The van der Waals surface area contributed by atoms with Gasteiger partial charge in [0.25, 0.3) is 0 Å². The maximum Gasteiger partial charge on any atom is 0.0447 e. The van der Waals surface area contributed by atoms with Crippen molar-refractivity contribution in [2.45, 2.75) is 24.3 Å². The molecule has 2 bridgehead atoms. The van der Waals surface area contributed by atoms with E-state index in [0.717, 1.165) is 16.5 Å². The number of rotatable bonds is 1. The molecule has 2 aromatic rings. The predicted molar refractivity (Wildman–Crippen MR) is 84.1 cm³/mol. The van der Waals surface area contributed by atoms with Gasteiger partial charge in [-0.25, -0.2) is 0 Å². The highest BCUT2D eigenvalue weighted by molar-refractivity contribution is 6.32. The van der Waals surface area contributed by atoms with E-state index >= 15 is 0 Å². The first kappa shape index (κ1) is 12.7. The first-order chi connectivity index (χ1) is 9.72. The molecule has 5 rings (SSSR count). The van der Waals surface area contributed by atoms with E-state index < -0.39 is 0 Å². The molecule has 0 amide bonds. The number of fused-ring (bicyclic) bond motifs is 1. The minimum absolute atomic E-state index is 0.261. The molecule has 3 aliphatic carbocycles. The van der Waals surface area contributed by atoms with Crippen LogP contribution < -0.4 is 5.32 Å². The third kappa shape index (κ3) is 1.54. The van der Waals surface area contributed by atoms with E-state index in [-0.39, 0.29) is 5.92 Å². The molecule has 0 radical (unpaired) electrons. The summed E-state index contributed by atoms with van der Waals surface area (Å²) in [4.78, 5) is 0. The number of hydrogen-bond donors (Lipinski definition) is 1. The van der Waals surface area contributed by atoms with E-state index in [1.807, 2.05) is 19.2 Å². The van der Waals surface area contributed by atoms with Crippen LogP contribution in [0.15, 0.2) is 36.4 Å². The number of benzene rings is 2. The average molecular weight is 304 g/mol. The molecule has 3 aliphatic rings. The summed E-state index contributed by atoms with van der Waals surface area (Å²) in [5.74, 6) is 0.664. The molecular formula is C17H15Cl2N. The lowest BCUT2D eigenvalue weighted by Crippen LogP contribution is -2.43. The highest BCUT2D eigenvalue weighted by Crippen LogP contribution is 2.55. The molecule has 0 aromatic heterocycles. The molecule has 0 saturated heterocycles. The number of halogens is 2. The van der Waals surface area contributed by atoms with Crippen LogP contribution in [0.3, 0.4) is 0 Å². The predicted octanol–water partition coefficient (Wildman–Crippen LogP) is 4.56. The van der Waals surface area contributed by atoms with Crippen molar-refractivity contribution in [1.82, 2.24) is 5.32 Å². The topological polar surface area (TPSA) is 12.0 Å². The van der Waals surface area contributed by atoms with E-state index in [4.69, 9.17) is 23.2 Å². The summed E-state index contributed by atoms with van der Waals surface area (Å²) in [5, 5.41) is 5.18. The molecule has 1 N–H and O–H groups in total. The van der Waals surface area contributed by atoms with Crippen LogP contribution in [0, 0.1) is 0 Å². The van der Waals surface area contributed by atoms with Crippen molar-refractivity contribution < 1.29 is 0 Å². The Morgan fingerprint density at radius 1 is 0.950 bits per heavy atom. The summed E-state index contributed by atoms with van der Waals surface area (Å²) in [6.07, 6.45) is 1.11. The summed E-state index contributed by atoms with van der Waals surface area (Å²) in [7, 11) is 2.03. The highest BCUT2D eigenvalue weighted by atomic mass is 35.5. The van der Waals surface area contributed by atoms with Crippen LogP contribution in [0.4, 0.5) is 0 Å². The number of likely N-dealkylation sites (N-methyl/N-ethyl adjacent to an activating group) is 1. The summed E-state index contributed by atoms with van der Waals surface area (Å²) in [6, 6.07) is 12.9. The molecule has 0 fully saturated rings. The van der Waals surface area contributed by atoms with Gasteiger partial charge in [-0.2, -0.15) is 0 Å². The number of hydrogen-bond acceptors (Lipinski definition) is 1. The van der Waals surface area contributed by atoms with Crippen molar-refractivity contribution in [2.24, 2.45) is 0 Å². The second-order valence-electron chi connectivity index (χ2n) is 5.65. The van der Waals surface area contributed by atoms with Gasteiger partial charge in [0, 0.05) is 27.9 Å². The SMILES string of the molecule is CNC1CC2c3cccc(Cl)c3C1c1c(Cl)cccc12. The Morgan fingerprint density at radius 3 is 2.00 bits per heavy atom. The van der Waals surface area contributed by atoms with Crippen molar-refractivity contribution >= 4 is 23.2 Å². The molecule has 1 unspecified atom stereocenters. The second-order valence-corrected chi connectivity index (χ2v) is 6.46. The van der Waals surface area contributed by atoms with Gasteiger partial charge in [-0.05, 0) is 47.9 Å². The van der Waals surface area contributed by atoms with Crippen molar-refractivity contribution in [2.75, 3.05) is 7.05 Å². The second kappa shape index (κ2) is 4.49.